The Labute approximate surface area is 174 Å². The number of halogens is 2. The fourth-order valence-electron chi connectivity index (χ4n) is 2.17. The van der Waals surface area contributed by atoms with Crippen molar-refractivity contribution >= 4 is 58.5 Å². The largest absolute Gasteiger partial charge is 0.325 e. The van der Waals surface area contributed by atoms with Crippen LogP contribution in [0.5, 0.6) is 0 Å². The second-order valence-corrected chi connectivity index (χ2v) is 9.38. The number of rotatable bonds is 5. The van der Waals surface area contributed by atoms with E-state index in [-0.39, 0.29) is 11.7 Å². The van der Waals surface area contributed by atoms with Gasteiger partial charge in [0.25, 0.3) is 0 Å². The van der Waals surface area contributed by atoms with E-state index >= 15 is 0 Å². The van der Waals surface area contributed by atoms with Gasteiger partial charge in [-0.3, -0.25) is 4.79 Å². The highest BCUT2D eigenvalue weighted by Gasteiger charge is 2.18. The van der Waals surface area contributed by atoms with Crippen LogP contribution in [0, 0.1) is 16.7 Å². The Morgan fingerprint density at radius 3 is 2.70 bits per heavy atom. The summed E-state index contributed by atoms with van der Waals surface area (Å²) in [5, 5.41) is 7.40. The third-order valence-corrected chi connectivity index (χ3v) is 6.35. The molecule has 1 aromatic heterocycles. The van der Waals surface area contributed by atoms with Gasteiger partial charge in [0, 0.05) is 10.7 Å². The minimum atomic E-state index is -0.423. The van der Waals surface area contributed by atoms with Gasteiger partial charge in [0.15, 0.2) is 8.29 Å². The van der Waals surface area contributed by atoms with E-state index in [0.717, 1.165) is 5.69 Å². The SMILES string of the molecule is Cc1ccc(NC(=O)[C@H](C)Sc2nn(-c3ccc(Cl)cc3)c(=S)s2)cc1F. The van der Waals surface area contributed by atoms with Crippen LogP contribution in [-0.4, -0.2) is 20.9 Å². The van der Waals surface area contributed by atoms with Crippen molar-refractivity contribution in [2.45, 2.75) is 23.4 Å². The fourth-order valence-corrected chi connectivity index (χ4v) is 4.80. The summed E-state index contributed by atoms with van der Waals surface area (Å²) in [7, 11) is 0. The van der Waals surface area contributed by atoms with E-state index in [0.29, 0.717) is 24.6 Å². The average molecular weight is 440 g/mol. The molecule has 27 heavy (non-hydrogen) atoms. The highest BCUT2D eigenvalue weighted by atomic mass is 35.5. The normalized spacial score (nSPS) is 12.0. The average Bonchev–Trinajstić information content (AvgIpc) is 2.99. The fraction of sp³-hybridized carbons (Fsp3) is 0.167. The number of benzene rings is 2. The first-order valence-electron chi connectivity index (χ1n) is 7.93. The second-order valence-electron chi connectivity index (χ2n) is 5.74. The number of anilines is 1. The first kappa shape index (κ1) is 20.0. The van der Waals surface area contributed by atoms with Crippen molar-refractivity contribution in [3.05, 3.63) is 62.8 Å². The van der Waals surface area contributed by atoms with Crippen molar-refractivity contribution in [1.82, 2.24) is 9.78 Å². The molecule has 1 atom stereocenters. The van der Waals surface area contributed by atoms with Gasteiger partial charge in [-0.15, -0.1) is 5.10 Å². The van der Waals surface area contributed by atoms with Crippen molar-refractivity contribution in [2.75, 3.05) is 5.32 Å². The standard InChI is InChI=1S/C18H15ClFN3OS3/c1-10-3-6-13(9-15(10)20)21-16(24)11(2)26-17-22-23(18(25)27-17)14-7-4-12(19)5-8-14/h3-9,11H,1-2H3,(H,21,24)/t11-/m0/s1. The van der Waals surface area contributed by atoms with Crippen LogP contribution in [0.15, 0.2) is 46.8 Å². The number of amides is 1. The second kappa shape index (κ2) is 8.52. The summed E-state index contributed by atoms with van der Waals surface area (Å²) in [5.41, 5.74) is 1.76. The molecule has 0 saturated carbocycles. The third-order valence-electron chi connectivity index (χ3n) is 3.69. The Bertz CT molecular complexity index is 1030. The molecule has 1 heterocycles. The molecule has 0 radical (unpaired) electrons. The number of hydrogen-bond donors (Lipinski definition) is 1. The zero-order valence-electron chi connectivity index (χ0n) is 14.4. The number of carbonyl (C=O) groups excluding carboxylic acids is 1. The molecule has 0 aliphatic carbocycles. The van der Waals surface area contributed by atoms with Crippen LogP contribution in [0.2, 0.25) is 5.02 Å². The van der Waals surface area contributed by atoms with E-state index in [4.69, 9.17) is 23.8 Å². The summed E-state index contributed by atoms with van der Waals surface area (Å²) in [5.74, 6) is -0.588. The summed E-state index contributed by atoms with van der Waals surface area (Å²) < 4.78 is 16.5. The highest BCUT2D eigenvalue weighted by Crippen LogP contribution is 2.28. The molecule has 0 unspecified atom stereocenters. The molecular formula is C18H15ClFN3OS3. The molecule has 3 rings (SSSR count). The van der Waals surface area contributed by atoms with Gasteiger partial charge in [-0.05, 0) is 68.0 Å². The summed E-state index contributed by atoms with van der Waals surface area (Å²) in [6.45, 7) is 3.44. The van der Waals surface area contributed by atoms with Crippen molar-refractivity contribution in [2.24, 2.45) is 0 Å². The number of thioether (sulfide) groups is 1. The lowest BCUT2D eigenvalue weighted by molar-refractivity contribution is -0.115. The van der Waals surface area contributed by atoms with Crippen LogP contribution in [-0.2, 0) is 4.79 Å². The Hall–Kier alpha value is -1.74. The summed E-state index contributed by atoms with van der Waals surface area (Å²) in [6, 6.07) is 11.8. The molecule has 0 bridgehead atoms. The van der Waals surface area contributed by atoms with Gasteiger partial charge in [0.1, 0.15) is 5.82 Å². The topological polar surface area (TPSA) is 46.9 Å². The number of nitrogens with one attached hydrogen (secondary N) is 1. The minimum Gasteiger partial charge on any atom is -0.325 e. The number of carbonyl (C=O) groups is 1. The van der Waals surface area contributed by atoms with Crippen LogP contribution in [0.1, 0.15) is 12.5 Å². The third kappa shape index (κ3) is 4.95. The van der Waals surface area contributed by atoms with Gasteiger partial charge in [-0.25, -0.2) is 9.07 Å². The minimum absolute atomic E-state index is 0.234. The molecule has 0 fully saturated rings. The molecule has 0 aliphatic heterocycles. The number of aryl methyl sites for hydroxylation is 1. The monoisotopic (exact) mass is 439 g/mol. The highest BCUT2D eigenvalue weighted by molar-refractivity contribution is 8.02. The zero-order chi connectivity index (χ0) is 19.6. The molecule has 140 valence electrons. The van der Waals surface area contributed by atoms with Crippen molar-refractivity contribution in [3.63, 3.8) is 0 Å². The van der Waals surface area contributed by atoms with Crippen molar-refractivity contribution < 1.29 is 9.18 Å². The van der Waals surface area contributed by atoms with E-state index in [1.165, 1.54) is 29.2 Å². The smallest absolute Gasteiger partial charge is 0.237 e. The first-order valence-corrected chi connectivity index (χ1v) is 10.4. The molecular weight excluding hydrogens is 425 g/mol. The van der Waals surface area contributed by atoms with E-state index in [1.807, 2.05) is 12.1 Å². The van der Waals surface area contributed by atoms with Gasteiger partial charge in [0.2, 0.25) is 5.91 Å². The van der Waals surface area contributed by atoms with E-state index in [2.05, 4.69) is 10.4 Å². The van der Waals surface area contributed by atoms with Gasteiger partial charge >= 0.3 is 0 Å². The molecule has 1 N–H and O–H groups in total. The molecule has 3 aromatic rings. The first-order chi connectivity index (χ1) is 12.8. The Balaban J connectivity index is 1.70. The predicted molar refractivity (Wildman–Crippen MR) is 112 cm³/mol. The molecule has 0 spiro atoms. The Morgan fingerprint density at radius 1 is 1.33 bits per heavy atom. The van der Waals surface area contributed by atoms with Crippen LogP contribution in [0.3, 0.4) is 0 Å². The molecule has 2 aromatic carbocycles. The van der Waals surface area contributed by atoms with Crippen LogP contribution < -0.4 is 5.32 Å². The van der Waals surface area contributed by atoms with Gasteiger partial charge in [-0.2, -0.15) is 0 Å². The molecule has 9 heteroatoms. The summed E-state index contributed by atoms with van der Waals surface area (Å²) in [4.78, 5) is 12.4. The molecule has 1 amide bonds. The Morgan fingerprint density at radius 2 is 2.04 bits per heavy atom. The lowest BCUT2D eigenvalue weighted by atomic mass is 10.2. The van der Waals surface area contributed by atoms with E-state index < -0.39 is 5.25 Å². The van der Waals surface area contributed by atoms with E-state index in [9.17, 15) is 9.18 Å². The lowest BCUT2D eigenvalue weighted by Gasteiger charge is -2.11. The number of nitrogens with zero attached hydrogens (tertiary/aromatic N) is 2. The van der Waals surface area contributed by atoms with Crippen molar-refractivity contribution in [1.29, 1.82) is 0 Å². The lowest BCUT2D eigenvalue weighted by Crippen LogP contribution is -2.22. The van der Waals surface area contributed by atoms with Gasteiger partial charge < -0.3 is 5.32 Å². The summed E-state index contributed by atoms with van der Waals surface area (Å²) in [6.07, 6.45) is 0. The predicted octanol–water partition coefficient (Wildman–Crippen LogP) is 5.88. The van der Waals surface area contributed by atoms with Crippen LogP contribution >= 0.6 is 46.9 Å². The maximum atomic E-state index is 13.6. The Kier molecular flexibility index (Phi) is 6.31. The van der Waals surface area contributed by atoms with Crippen LogP contribution in [0.25, 0.3) is 5.69 Å². The maximum Gasteiger partial charge on any atom is 0.237 e. The van der Waals surface area contributed by atoms with Crippen LogP contribution in [0.4, 0.5) is 10.1 Å². The number of aromatic nitrogens is 2. The van der Waals surface area contributed by atoms with Gasteiger partial charge in [-0.1, -0.05) is 40.8 Å². The van der Waals surface area contributed by atoms with Crippen molar-refractivity contribution in [3.8, 4) is 5.69 Å². The molecule has 0 aliphatic rings. The molecule has 0 saturated heterocycles. The molecule has 4 nitrogen and oxygen atoms in total. The van der Waals surface area contributed by atoms with Gasteiger partial charge in [0.05, 0.1) is 10.9 Å². The zero-order valence-corrected chi connectivity index (χ0v) is 17.6. The summed E-state index contributed by atoms with van der Waals surface area (Å²) >= 11 is 13.9. The van der Waals surface area contributed by atoms with E-state index in [1.54, 1.807) is 42.8 Å². The quantitative estimate of drug-likeness (QED) is 0.398. The maximum absolute atomic E-state index is 13.6. The number of hydrogen-bond acceptors (Lipinski definition) is 5.